The van der Waals surface area contributed by atoms with E-state index in [1.807, 2.05) is 61.2 Å². The zero-order valence-electron chi connectivity index (χ0n) is 33.9. The first kappa shape index (κ1) is 35.3. The third-order valence-electron chi connectivity index (χ3n) is 12.7. The highest BCUT2D eigenvalue weighted by Crippen LogP contribution is 2.46. The third kappa shape index (κ3) is 5.60. The van der Waals surface area contributed by atoms with Crippen LogP contribution in [0.3, 0.4) is 0 Å². The Kier molecular flexibility index (Phi) is 7.90. The second-order valence-corrected chi connectivity index (χ2v) is 16.2. The van der Waals surface area contributed by atoms with Gasteiger partial charge in [-0.2, -0.15) is 0 Å². The van der Waals surface area contributed by atoms with Gasteiger partial charge in [0.15, 0.2) is 0 Å². The number of benzene rings is 5. The van der Waals surface area contributed by atoms with Crippen molar-refractivity contribution in [3.8, 4) is 56.2 Å². The molecule has 0 N–H and O–H groups in total. The maximum Gasteiger partial charge on any atom is 0.128 e. The Morgan fingerprint density at radius 3 is 1.60 bits per heavy atom. The van der Waals surface area contributed by atoms with Crippen LogP contribution in [-0.2, 0) is 0 Å². The van der Waals surface area contributed by atoms with E-state index in [0.29, 0.717) is 0 Å². The van der Waals surface area contributed by atoms with Gasteiger partial charge in [-0.1, -0.05) is 72.8 Å². The molecule has 5 aromatic carbocycles. The first-order valence-electron chi connectivity index (χ1n) is 21.3. The van der Waals surface area contributed by atoms with E-state index in [1.54, 1.807) is 0 Å². The van der Waals surface area contributed by atoms with E-state index in [4.69, 9.17) is 14.7 Å². The summed E-state index contributed by atoms with van der Waals surface area (Å²) in [5, 5.41) is 2.20. The van der Waals surface area contributed by atoms with Crippen LogP contribution in [0.5, 0.6) is 5.75 Å². The zero-order chi connectivity index (χ0) is 41.4. The summed E-state index contributed by atoms with van der Waals surface area (Å²) >= 11 is 0. The normalized spacial score (nSPS) is 15.5. The molecule has 2 unspecified atom stereocenters. The Morgan fingerprint density at radius 2 is 1.00 bits per heavy atom. The van der Waals surface area contributed by atoms with E-state index < -0.39 is 0 Å². The molecular weight excluding hydrogens is 773 g/mol. The van der Waals surface area contributed by atoms with Crippen molar-refractivity contribution in [2.24, 2.45) is 0 Å². The molecule has 7 heteroatoms. The summed E-state index contributed by atoms with van der Waals surface area (Å²) in [6, 6.07) is 57.5. The van der Waals surface area contributed by atoms with Crippen molar-refractivity contribution in [3.05, 3.63) is 212 Å². The van der Waals surface area contributed by atoms with Crippen LogP contribution in [0, 0.1) is 0 Å². The number of allylic oxidation sites excluding steroid dienone is 2. The topological polar surface area (TPSA) is 70.7 Å². The van der Waals surface area contributed by atoms with Crippen molar-refractivity contribution >= 4 is 49.6 Å². The van der Waals surface area contributed by atoms with Crippen molar-refractivity contribution in [1.82, 2.24) is 29.1 Å². The second-order valence-electron chi connectivity index (χ2n) is 16.2. The van der Waals surface area contributed by atoms with E-state index in [9.17, 15) is 0 Å². The average Bonchev–Trinajstić information content (AvgIpc) is 4.01. The van der Waals surface area contributed by atoms with Crippen LogP contribution < -0.4 is 4.74 Å². The van der Waals surface area contributed by atoms with Gasteiger partial charge < -0.3 is 13.9 Å². The maximum absolute atomic E-state index is 6.64. The minimum Gasteiger partial charge on any atom is -0.485 e. The molecule has 2 aliphatic rings. The third-order valence-corrected chi connectivity index (χ3v) is 12.7. The molecule has 0 spiro atoms. The molecule has 13 rings (SSSR count). The van der Waals surface area contributed by atoms with Crippen molar-refractivity contribution in [2.45, 2.75) is 12.0 Å². The van der Waals surface area contributed by atoms with Gasteiger partial charge in [0.25, 0.3) is 0 Å². The summed E-state index contributed by atoms with van der Waals surface area (Å²) in [5.74, 6) is 0.915. The van der Waals surface area contributed by atoms with E-state index in [2.05, 4.69) is 165 Å². The smallest absolute Gasteiger partial charge is 0.128 e. The molecule has 2 atom stereocenters. The quantitative estimate of drug-likeness (QED) is 0.167. The average molecular weight is 809 g/mol. The Hall–Kier alpha value is -8.42. The minimum absolute atomic E-state index is 0.00885. The molecule has 11 aromatic rings. The Morgan fingerprint density at radius 1 is 0.444 bits per heavy atom. The highest BCUT2D eigenvalue weighted by Gasteiger charge is 2.35. The summed E-state index contributed by atoms with van der Waals surface area (Å²) in [5.41, 5.74) is 18.2. The lowest BCUT2D eigenvalue weighted by Crippen LogP contribution is -2.18. The monoisotopic (exact) mass is 808 g/mol. The Bertz CT molecular complexity index is 3680. The molecular formula is C56H36N6O. The summed E-state index contributed by atoms with van der Waals surface area (Å²) in [7, 11) is 0. The van der Waals surface area contributed by atoms with Gasteiger partial charge in [0.2, 0.25) is 0 Å². The van der Waals surface area contributed by atoms with Gasteiger partial charge in [0.1, 0.15) is 11.9 Å². The van der Waals surface area contributed by atoms with Crippen LogP contribution >= 0.6 is 0 Å². The maximum atomic E-state index is 6.64. The van der Waals surface area contributed by atoms with Crippen LogP contribution in [0.4, 0.5) is 0 Å². The first-order chi connectivity index (χ1) is 31.2. The highest BCUT2D eigenvalue weighted by atomic mass is 16.5. The molecule has 0 bridgehead atoms. The number of pyridine rings is 4. The number of aromatic nitrogens is 6. The molecule has 63 heavy (non-hydrogen) atoms. The summed E-state index contributed by atoms with van der Waals surface area (Å²) in [4.78, 5) is 19.3. The van der Waals surface area contributed by atoms with Gasteiger partial charge in [-0.05, 0) is 131 Å². The molecule has 0 saturated carbocycles. The van der Waals surface area contributed by atoms with Gasteiger partial charge in [-0.15, -0.1) is 0 Å². The first-order valence-corrected chi connectivity index (χ1v) is 21.3. The molecule has 1 aliphatic heterocycles. The van der Waals surface area contributed by atoms with E-state index >= 15 is 0 Å². The summed E-state index contributed by atoms with van der Waals surface area (Å²) in [6.45, 7) is 0. The van der Waals surface area contributed by atoms with Gasteiger partial charge in [-0.3, -0.25) is 19.9 Å². The van der Waals surface area contributed by atoms with Crippen LogP contribution in [0.1, 0.15) is 11.5 Å². The van der Waals surface area contributed by atoms with E-state index in [-0.39, 0.29) is 12.0 Å². The zero-order valence-corrected chi connectivity index (χ0v) is 33.9. The van der Waals surface area contributed by atoms with Crippen LogP contribution in [0.2, 0.25) is 0 Å². The van der Waals surface area contributed by atoms with Crippen molar-refractivity contribution in [3.63, 3.8) is 0 Å². The molecule has 0 fully saturated rings. The molecule has 296 valence electrons. The van der Waals surface area contributed by atoms with Gasteiger partial charge in [0, 0.05) is 69.6 Å². The summed E-state index contributed by atoms with van der Waals surface area (Å²) in [6.07, 6.45) is 14.1. The highest BCUT2D eigenvalue weighted by molar-refractivity contribution is 6.11. The molecule has 0 saturated heterocycles. The van der Waals surface area contributed by atoms with Crippen molar-refractivity contribution in [1.29, 1.82) is 0 Å². The van der Waals surface area contributed by atoms with Gasteiger partial charge in [-0.25, -0.2) is 0 Å². The molecule has 7 nitrogen and oxygen atoms in total. The Balaban J connectivity index is 0.911. The molecule has 6 aromatic heterocycles. The lowest BCUT2D eigenvalue weighted by atomic mass is 9.90. The number of rotatable bonds is 6. The summed E-state index contributed by atoms with van der Waals surface area (Å²) < 4.78 is 11.3. The number of hydrogen-bond acceptors (Lipinski definition) is 5. The SMILES string of the molecule is C1=CC2Oc3ccc(-n4c5ccc(-c6ccccc6-c6ccccn6)cc5c5ncccc54)cc3C2C=C1n1c2ccc(-c3ccccc3-c3ccccn3)cc2c2ncccc21. The van der Waals surface area contributed by atoms with Crippen LogP contribution in [0.15, 0.2) is 207 Å². The van der Waals surface area contributed by atoms with E-state index in [1.165, 1.54) is 0 Å². The minimum atomic E-state index is -0.110. The molecule has 0 radical (unpaired) electrons. The van der Waals surface area contributed by atoms with Gasteiger partial charge >= 0.3 is 0 Å². The molecule has 1 aliphatic carbocycles. The number of hydrogen-bond donors (Lipinski definition) is 0. The van der Waals surface area contributed by atoms with Crippen molar-refractivity contribution < 1.29 is 4.74 Å². The predicted molar refractivity (Wildman–Crippen MR) is 254 cm³/mol. The van der Waals surface area contributed by atoms with Crippen LogP contribution in [-0.4, -0.2) is 35.2 Å². The van der Waals surface area contributed by atoms with Gasteiger partial charge in [0.05, 0.1) is 44.5 Å². The predicted octanol–water partition coefficient (Wildman–Crippen LogP) is 13.1. The Labute approximate surface area is 362 Å². The standard InChI is InChI=1S/C56H36N6O/c1-3-13-41(47-15-5-7-27-57-47)39(11-1)35-19-23-49-45(31-35)55-51(17-9-29-59-55)61(49)37-21-25-53-43(33-37)44-34-38(22-26-54(44)63-53)62-50-24-20-36(32-46(50)56-52(62)18-10-30-60-56)40-12-2-4-14-42(40)48-16-6-8-28-58-48/h1-34,43,53H. The number of fused-ring (bicyclic) bond motifs is 9. The van der Waals surface area contributed by atoms with Crippen LogP contribution in [0.25, 0.3) is 100 Å². The fraction of sp³-hybridized carbons (Fsp3) is 0.0357. The fourth-order valence-electron chi connectivity index (χ4n) is 9.89. The fourth-order valence-corrected chi connectivity index (χ4v) is 9.89. The molecule has 7 heterocycles. The van der Waals surface area contributed by atoms with Crippen molar-refractivity contribution in [2.75, 3.05) is 0 Å². The number of nitrogens with zero attached hydrogens (tertiary/aromatic N) is 6. The number of ether oxygens (including phenoxy) is 1. The van der Waals surface area contributed by atoms with E-state index in [0.717, 1.165) is 111 Å². The lowest BCUT2D eigenvalue weighted by molar-refractivity contribution is 0.269. The second kappa shape index (κ2) is 14.1. The lowest BCUT2D eigenvalue weighted by Gasteiger charge is -2.20. The molecule has 0 amide bonds. The largest absolute Gasteiger partial charge is 0.485 e.